The molecular weight excluding hydrogens is 172 g/mol. The highest BCUT2D eigenvalue weighted by molar-refractivity contribution is 5.03. The first-order valence-corrected chi connectivity index (χ1v) is 5.17. The molecule has 0 saturated heterocycles. The van der Waals surface area contributed by atoms with Gasteiger partial charge in [-0.1, -0.05) is 32.9 Å². The summed E-state index contributed by atoms with van der Waals surface area (Å²) in [5, 5.41) is 0. The maximum atomic E-state index is 5.14. The van der Waals surface area contributed by atoms with Gasteiger partial charge in [0, 0.05) is 13.7 Å². The van der Waals surface area contributed by atoms with Crippen LogP contribution in [0.1, 0.15) is 33.6 Å². The molecular formula is C13H24O. The first-order chi connectivity index (χ1) is 6.43. The summed E-state index contributed by atoms with van der Waals surface area (Å²) in [6.45, 7) is 15.3. The number of ether oxygens (including phenoxy) is 1. The van der Waals surface area contributed by atoms with Crippen LogP contribution >= 0.6 is 0 Å². The van der Waals surface area contributed by atoms with E-state index in [1.807, 2.05) is 6.08 Å². The van der Waals surface area contributed by atoms with Gasteiger partial charge in [0.25, 0.3) is 0 Å². The van der Waals surface area contributed by atoms with E-state index in [2.05, 4.69) is 40.0 Å². The monoisotopic (exact) mass is 196 g/mol. The Labute approximate surface area is 88.9 Å². The number of hydrogen-bond acceptors (Lipinski definition) is 1. The number of methoxy groups -OCH3 is 1. The second-order valence-electron chi connectivity index (χ2n) is 4.74. The lowest BCUT2D eigenvalue weighted by Crippen LogP contribution is -2.34. The molecule has 0 aliphatic heterocycles. The Balaban J connectivity index is 4.63. The average molecular weight is 196 g/mol. The van der Waals surface area contributed by atoms with Crippen LogP contribution in [-0.2, 0) is 4.74 Å². The predicted octanol–water partition coefficient (Wildman–Crippen LogP) is 3.82. The van der Waals surface area contributed by atoms with Crippen LogP contribution in [0.5, 0.6) is 0 Å². The number of rotatable bonds is 7. The fourth-order valence-electron chi connectivity index (χ4n) is 1.62. The first kappa shape index (κ1) is 13.4. The van der Waals surface area contributed by atoms with Crippen molar-refractivity contribution < 1.29 is 4.74 Å². The van der Waals surface area contributed by atoms with E-state index in [0.29, 0.717) is 0 Å². The minimum atomic E-state index is 0.108. The molecule has 82 valence electrons. The van der Waals surface area contributed by atoms with Crippen LogP contribution in [0, 0.1) is 10.8 Å². The molecule has 0 rings (SSSR count). The SMILES string of the molecule is C=CCC(C)(C)[C@@](C)(C=C)CCOC. The van der Waals surface area contributed by atoms with Crippen LogP contribution < -0.4 is 0 Å². The van der Waals surface area contributed by atoms with Crippen LogP contribution in [0.25, 0.3) is 0 Å². The lowest BCUT2D eigenvalue weighted by atomic mass is 9.63. The van der Waals surface area contributed by atoms with Crippen molar-refractivity contribution in [2.45, 2.75) is 33.6 Å². The summed E-state index contributed by atoms with van der Waals surface area (Å²) in [6, 6.07) is 0. The van der Waals surface area contributed by atoms with Crippen molar-refractivity contribution in [1.82, 2.24) is 0 Å². The molecule has 0 saturated carbocycles. The standard InChI is InChI=1S/C13H24O/c1-7-9-12(3,4)13(5,8-2)10-11-14-6/h7-8H,1-2,9-11H2,3-6H3/t13-/m0/s1. The molecule has 0 bridgehead atoms. The lowest BCUT2D eigenvalue weighted by molar-refractivity contribution is 0.0863. The van der Waals surface area contributed by atoms with Crippen LogP contribution in [0.15, 0.2) is 25.3 Å². The summed E-state index contributed by atoms with van der Waals surface area (Å²) < 4.78 is 5.14. The summed E-state index contributed by atoms with van der Waals surface area (Å²) in [4.78, 5) is 0. The molecule has 0 aliphatic rings. The average Bonchev–Trinajstić information content (AvgIpc) is 2.13. The normalized spacial score (nSPS) is 16.0. The Kier molecular flexibility index (Phi) is 5.14. The van der Waals surface area contributed by atoms with E-state index in [-0.39, 0.29) is 10.8 Å². The predicted molar refractivity (Wildman–Crippen MR) is 63.4 cm³/mol. The molecule has 1 atom stereocenters. The highest BCUT2D eigenvalue weighted by Crippen LogP contribution is 2.45. The summed E-state index contributed by atoms with van der Waals surface area (Å²) in [6.07, 6.45) is 6.04. The third-order valence-electron chi connectivity index (χ3n) is 3.48. The third-order valence-corrected chi connectivity index (χ3v) is 3.48. The van der Waals surface area contributed by atoms with Gasteiger partial charge in [0.1, 0.15) is 0 Å². The Morgan fingerprint density at radius 1 is 1.21 bits per heavy atom. The fourth-order valence-corrected chi connectivity index (χ4v) is 1.62. The Morgan fingerprint density at radius 3 is 2.14 bits per heavy atom. The Bertz CT molecular complexity index is 193. The molecule has 14 heavy (non-hydrogen) atoms. The molecule has 0 spiro atoms. The molecule has 0 amide bonds. The smallest absolute Gasteiger partial charge is 0.0470 e. The van der Waals surface area contributed by atoms with Crippen molar-refractivity contribution in [3.63, 3.8) is 0 Å². The van der Waals surface area contributed by atoms with Crippen LogP contribution in [0.2, 0.25) is 0 Å². The van der Waals surface area contributed by atoms with Gasteiger partial charge in [-0.3, -0.25) is 0 Å². The Hall–Kier alpha value is -0.560. The highest BCUT2D eigenvalue weighted by atomic mass is 16.5. The van der Waals surface area contributed by atoms with Crippen molar-refractivity contribution in [3.05, 3.63) is 25.3 Å². The van der Waals surface area contributed by atoms with Gasteiger partial charge in [-0.2, -0.15) is 0 Å². The zero-order valence-electron chi connectivity index (χ0n) is 10.1. The molecule has 0 radical (unpaired) electrons. The molecule has 0 aromatic heterocycles. The van der Waals surface area contributed by atoms with E-state index in [0.717, 1.165) is 19.4 Å². The highest BCUT2D eigenvalue weighted by Gasteiger charge is 2.36. The van der Waals surface area contributed by atoms with Gasteiger partial charge in [-0.05, 0) is 23.7 Å². The Morgan fingerprint density at radius 2 is 1.79 bits per heavy atom. The summed E-state index contributed by atoms with van der Waals surface area (Å²) >= 11 is 0. The topological polar surface area (TPSA) is 9.23 Å². The molecule has 0 aromatic carbocycles. The van der Waals surface area contributed by atoms with Crippen molar-refractivity contribution >= 4 is 0 Å². The van der Waals surface area contributed by atoms with Crippen molar-refractivity contribution in [2.75, 3.05) is 13.7 Å². The molecule has 0 fully saturated rings. The second-order valence-corrected chi connectivity index (χ2v) is 4.74. The van der Waals surface area contributed by atoms with E-state index in [1.165, 1.54) is 0 Å². The second kappa shape index (κ2) is 5.35. The summed E-state index contributed by atoms with van der Waals surface area (Å²) in [5.41, 5.74) is 0.298. The van der Waals surface area contributed by atoms with E-state index in [4.69, 9.17) is 4.74 Å². The zero-order chi connectivity index (χ0) is 11.2. The van der Waals surface area contributed by atoms with Crippen LogP contribution in [-0.4, -0.2) is 13.7 Å². The molecule has 0 aliphatic carbocycles. The molecule has 0 heterocycles. The van der Waals surface area contributed by atoms with Gasteiger partial charge < -0.3 is 4.74 Å². The maximum absolute atomic E-state index is 5.14. The van der Waals surface area contributed by atoms with Gasteiger partial charge in [0.05, 0.1) is 0 Å². The third kappa shape index (κ3) is 2.98. The molecule has 0 unspecified atom stereocenters. The minimum Gasteiger partial charge on any atom is -0.385 e. The molecule has 0 aromatic rings. The first-order valence-electron chi connectivity index (χ1n) is 5.17. The largest absolute Gasteiger partial charge is 0.385 e. The van der Waals surface area contributed by atoms with Crippen molar-refractivity contribution in [2.24, 2.45) is 10.8 Å². The van der Waals surface area contributed by atoms with Crippen molar-refractivity contribution in [1.29, 1.82) is 0 Å². The van der Waals surface area contributed by atoms with Gasteiger partial charge in [0.2, 0.25) is 0 Å². The van der Waals surface area contributed by atoms with Crippen molar-refractivity contribution in [3.8, 4) is 0 Å². The number of allylic oxidation sites excluding steroid dienone is 2. The molecule has 0 N–H and O–H groups in total. The number of hydrogen-bond donors (Lipinski definition) is 0. The zero-order valence-corrected chi connectivity index (χ0v) is 10.1. The lowest BCUT2D eigenvalue weighted by Gasteiger charge is -2.42. The summed E-state index contributed by atoms with van der Waals surface area (Å²) in [7, 11) is 1.74. The van der Waals surface area contributed by atoms with E-state index in [1.54, 1.807) is 7.11 Å². The van der Waals surface area contributed by atoms with E-state index in [9.17, 15) is 0 Å². The van der Waals surface area contributed by atoms with Crippen LogP contribution in [0.3, 0.4) is 0 Å². The van der Waals surface area contributed by atoms with Crippen LogP contribution in [0.4, 0.5) is 0 Å². The molecule has 1 nitrogen and oxygen atoms in total. The van der Waals surface area contributed by atoms with E-state index >= 15 is 0 Å². The maximum Gasteiger partial charge on any atom is 0.0470 e. The minimum absolute atomic E-state index is 0.108. The van der Waals surface area contributed by atoms with Gasteiger partial charge in [-0.25, -0.2) is 0 Å². The fraction of sp³-hybridized carbons (Fsp3) is 0.692. The van der Waals surface area contributed by atoms with Gasteiger partial charge in [-0.15, -0.1) is 13.2 Å². The van der Waals surface area contributed by atoms with E-state index < -0.39 is 0 Å². The molecule has 1 heteroatoms. The van der Waals surface area contributed by atoms with Gasteiger partial charge >= 0.3 is 0 Å². The quantitative estimate of drug-likeness (QED) is 0.562. The van der Waals surface area contributed by atoms with Gasteiger partial charge in [0.15, 0.2) is 0 Å². The summed E-state index contributed by atoms with van der Waals surface area (Å²) in [5.74, 6) is 0.